The standard InChI is InChI=1S/C16H11BrF2N4O2/c17-10-3-6-14(20-8-10)21-15(24)13-7-12(22-23-13)9-1-4-11(5-2-9)25-16(18)19/h1-8,16H,(H,22,23)(H,20,21,24). The lowest BCUT2D eigenvalue weighted by atomic mass is 10.1. The third-order valence-corrected chi connectivity index (χ3v) is 3.64. The number of pyridine rings is 1. The number of aromatic nitrogens is 3. The fourth-order valence-electron chi connectivity index (χ4n) is 2.03. The van der Waals surface area contributed by atoms with Gasteiger partial charge in [0.15, 0.2) is 0 Å². The summed E-state index contributed by atoms with van der Waals surface area (Å²) < 4.78 is 29.4. The Bertz CT molecular complexity index is 867. The van der Waals surface area contributed by atoms with Crippen LogP contribution in [0.4, 0.5) is 14.6 Å². The smallest absolute Gasteiger partial charge is 0.387 e. The van der Waals surface area contributed by atoms with Crippen molar-refractivity contribution in [3.8, 4) is 17.0 Å². The van der Waals surface area contributed by atoms with Crippen LogP contribution >= 0.6 is 15.9 Å². The Balaban J connectivity index is 1.71. The third-order valence-electron chi connectivity index (χ3n) is 3.17. The molecule has 1 aromatic carbocycles. The van der Waals surface area contributed by atoms with Gasteiger partial charge in [-0.2, -0.15) is 13.9 Å². The molecule has 6 nitrogen and oxygen atoms in total. The van der Waals surface area contributed by atoms with Crippen LogP contribution in [0, 0.1) is 0 Å². The van der Waals surface area contributed by atoms with Gasteiger partial charge in [-0.3, -0.25) is 9.89 Å². The number of carbonyl (C=O) groups excluding carboxylic acids is 1. The van der Waals surface area contributed by atoms with Crippen LogP contribution in [-0.2, 0) is 0 Å². The number of benzene rings is 1. The number of alkyl halides is 2. The minimum atomic E-state index is -2.88. The molecule has 128 valence electrons. The summed E-state index contributed by atoms with van der Waals surface area (Å²) in [4.78, 5) is 16.2. The maximum Gasteiger partial charge on any atom is 0.387 e. The van der Waals surface area contributed by atoms with E-state index in [0.717, 1.165) is 4.47 Å². The molecule has 0 aliphatic heterocycles. The molecule has 0 aliphatic carbocycles. The van der Waals surface area contributed by atoms with E-state index in [2.05, 4.69) is 41.2 Å². The fraction of sp³-hybridized carbons (Fsp3) is 0.0625. The van der Waals surface area contributed by atoms with Crippen molar-refractivity contribution < 1.29 is 18.3 Å². The van der Waals surface area contributed by atoms with Gasteiger partial charge < -0.3 is 10.1 Å². The van der Waals surface area contributed by atoms with Crippen LogP contribution in [0.15, 0.2) is 53.1 Å². The average Bonchev–Trinajstić information content (AvgIpc) is 3.07. The summed E-state index contributed by atoms with van der Waals surface area (Å²) in [6.07, 6.45) is 1.57. The van der Waals surface area contributed by atoms with Gasteiger partial charge in [0.25, 0.3) is 5.91 Å². The molecule has 2 heterocycles. The number of rotatable bonds is 5. The molecule has 0 aliphatic rings. The van der Waals surface area contributed by atoms with Gasteiger partial charge in [-0.15, -0.1) is 0 Å². The van der Waals surface area contributed by atoms with Crippen molar-refractivity contribution in [3.05, 3.63) is 58.8 Å². The number of nitrogens with zero attached hydrogens (tertiary/aromatic N) is 2. The average molecular weight is 409 g/mol. The Kier molecular flexibility index (Phi) is 5.03. The highest BCUT2D eigenvalue weighted by molar-refractivity contribution is 9.10. The van der Waals surface area contributed by atoms with E-state index in [9.17, 15) is 13.6 Å². The highest BCUT2D eigenvalue weighted by Gasteiger charge is 2.12. The highest BCUT2D eigenvalue weighted by atomic mass is 79.9. The van der Waals surface area contributed by atoms with Crippen molar-refractivity contribution in [2.45, 2.75) is 6.61 Å². The number of hydrogen-bond donors (Lipinski definition) is 2. The molecule has 0 fully saturated rings. The first-order valence-corrected chi connectivity index (χ1v) is 7.84. The van der Waals surface area contributed by atoms with Crippen molar-refractivity contribution in [1.82, 2.24) is 15.2 Å². The lowest BCUT2D eigenvalue weighted by Gasteiger charge is -2.04. The van der Waals surface area contributed by atoms with Crippen LogP contribution < -0.4 is 10.1 Å². The van der Waals surface area contributed by atoms with E-state index in [0.29, 0.717) is 17.1 Å². The van der Waals surface area contributed by atoms with Crippen molar-refractivity contribution in [3.63, 3.8) is 0 Å². The molecule has 3 rings (SSSR count). The minimum Gasteiger partial charge on any atom is -0.435 e. The molecule has 0 unspecified atom stereocenters. The number of anilines is 1. The van der Waals surface area contributed by atoms with Crippen LogP contribution in [0.2, 0.25) is 0 Å². The van der Waals surface area contributed by atoms with E-state index in [1.807, 2.05) is 0 Å². The molecular weight excluding hydrogens is 398 g/mol. The van der Waals surface area contributed by atoms with Gasteiger partial charge in [0.05, 0.1) is 5.69 Å². The zero-order valence-electron chi connectivity index (χ0n) is 12.5. The molecule has 0 saturated heterocycles. The molecule has 0 saturated carbocycles. The quantitative estimate of drug-likeness (QED) is 0.666. The molecule has 2 aromatic heterocycles. The molecular formula is C16H11BrF2N4O2. The number of aromatic amines is 1. The second kappa shape index (κ2) is 7.39. The number of nitrogens with one attached hydrogen (secondary N) is 2. The van der Waals surface area contributed by atoms with Crippen molar-refractivity contribution >= 4 is 27.7 Å². The van der Waals surface area contributed by atoms with Crippen molar-refractivity contribution in [2.24, 2.45) is 0 Å². The summed E-state index contributed by atoms with van der Waals surface area (Å²) in [5.74, 6) is 0.0534. The van der Waals surface area contributed by atoms with Crippen molar-refractivity contribution in [2.75, 3.05) is 5.32 Å². The number of carbonyl (C=O) groups is 1. The van der Waals surface area contributed by atoms with Crippen LogP contribution in [0.5, 0.6) is 5.75 Å². The third kappa shape index (κ3) is 4.38. The second-order valence-electron chi connectivity index (χ2n) is 4.89. The van der Waals surface area contributed by atoms with Gasteiger partial charge in [-0.05, 0) is 58.4 Å². The predicted molar refractivity (Wildman–Crippen MR) is 90.5 cm³/mol. The SMILES string of the molecule is O=C(Nc1ccc(Br)cn1)c1cc(-c2ccc(OC(F)F)cc2)n[nH]1. The lowest BCUT2D eigenvalue weighted by Crippen LogP contribution is -2.13. The predicted octanol–water partition coefficient (Wildman–Crippen LogP) is 4.09. The van der Waals surface area contributed by atoms with Gasteiger partial charge in [0, 0.05) is 16.2 Å². The molecule has 0 spiro atoms. The van der Waals surface area contributed by atoms with E-state index in [1.54, 1.807) is 36.5 Å². The lowest BCUT2D eigenvalue weighted by molar-refractivity contribution is -0.0498. The van der Waals surface area contributed by atoms with Crippen LogP contribution in [-0.4, -0.2) is 27.7 Å². The first-order chi connectivity index (χ1) is 12.0. The Hall–Kier alpha value is -2.81. The van der Waals surface area contributed by atoms with E-state index in [4.69, 9.17) is 0 Å². The normalized spacial score (nSPS) is 10.7. The Morgan fingerprint density at radius 1 is 1.20 bits per heavy atom. The van der Waals surface area contributed by atoms with Gasteiger partial charge in [0.1, 0.15) is 17.3 Å². The summed E-state index contributed by atoms with van der Waals surface area (Å²) >= 11 is 3.26. The number of amides is 1. The van der Waals surface area contributed by atoms with E-state index in [1.165, 1.54) is 12.1 Å². The molecule has 0 radical (unpaired) electrons. The van der Waals surface area contributed by atoms with E-state index in [-0.39, 0.29) is 11.4 Å². The maximum absolute atomic E-state index is 12.2. The Labute approximate surface area is 149 Å². The van der Waals surface area contributed by atoms with Crippen LogP contribution in [0.25, 0.3) is 11.3 Å². The second-order valence-corrected chi connectivity index (χ2v) is 5.80. The van der Waals surface area contributed by atoms with Gasteiger partial charge in [0.2, 0.25) is 0 Å². The van der Waals surface area contributed by atoms with Crippen LogP contribution in [0.3, 0.4) is 0 Å². The molecule has 1 amide bonds. The highest BCUT2D eigenvalue weighted by Crippen LogP contribution is 2.22. The fourth-order valence-corrected chi connectivity index (χ4v) is 2.26. The van der Waals surface area contributed by atoms with Crippen LogP contribution in [0.1, 0.15) is 10.5 Å². The summed E-state index contributed by atoms with van der Waals surface area (Å²) in [6, 6.07) is 10.9. The van der Waals surface area contributed by atoms with E-state index < -0.39 is 12.5 Å². The zero-order chi connectivity index (χ0) is 17.8. The monoisotopic (exact) mass is 408 g/mol. The molecule has 9 heteroatoms. The number of hydrogen-bond acceptors (Lipinski definition) is 4. The molecule has 25 heavy (non-hydrogen) atoms. The first kappa shape index (κ1) is 17.0. The van der Waals surface area contributed by atoms with Gasteiger partial charge >= 0.3 is 6.61 Å². The molecule has 3 aromatic rings. The van der Waals surface area contributed by atoms with Crippen molar-refractivity contribution in [1.29, 1.82) is 0 Å². The zero-order valence-corrected chi connectivity index (χ0v) is 14.1. The summed E-state index contributed by atoms with van der Waals surface area (Å²) in [6.45, 7) is -2.88. The topological polar surface area (TPSA) is 79.9 Å². The summed E-state index contributed by atoms with van der Waals surface area (Å²) in [5, 5.41) is 9.32. The number of ether oxygens (including phenoxy) is 1. The number of H-pyrrole nitrogens is 1. The maximum atomic E-state index is 12.2. The van der Waals surface area contributed by atoms with E-state index >= 15 is 0 Å². The minimum absolute atomic E-state index is 0.0496. The molecule has 0 bridgehead atoms. The largest absolute Gasteiger partial charge is 0.435 e. The summed E-state index contributed by atoms with van der Waals surface area (Å²) in [7, 11) is 0. The molecule has 0 atom stereocenters. The summed E-state index contributed by atoms with van der Waals surface area (Å²) in [5.41, 5.74) is 1.39. The Morgan fingerprint density at radius 2 is 1.96 bits per heavy atom. The number of halogens is 3. The van der Waals surface area contributed by atoms with Gasteiger partial charge in [-0.1, -0.05) is 0 Å². The Morgan fingerprint density at radius 3 is 2.60 bits per heavy atom. The first-order valence-electron chi connectivity index (χ1n) is 7.05. The van der Waals surface area contributed by atoms with Gasteiger partial charge in [-0.25, -0.2) is 4.98 Å². The molecule has 2 N–H and O–H groups in total.